The van der Waals surface area contributed by atoms with E-state index in [4.69, 9.17) is 4.52 Å². The van der Waals surface area contributed by atoms with Crippen molar-refractivity contribution in [1.29, 1.82) is 0 Å². The number of rotatable bonds is 5. The molecule has 1 aliphatic heterocycles. The molecule has 124 valence electrons. The lowest BCUT2D eigenvalue weighted by Gasteiger charge is -2.36. The third-order valence-electron chi connectivity index (χ3n) is 3.97. The number of carbonyl (C=O) groups excluding carboxylic acids is 1. The minimum atomic E-state index is -3.60. The van der Waals surface area contributed by atoms with Crippen LogP contribution in [0.1, 0.15) is 38.4 Å². The molecule has 7 nitrogen and oxygen atoms in total. The molecule has 0 bridgehead atoms. The highest BCUT2D eigenvalue weighted by Gasteiger charge is 2.30. The third-order valence-corrected chi connectivity index (χ3v) is 5.09. The van der Waals surface area contributed by atoms with Gasteiger partial charge >= 0.3 is 0 Å². The van der Waals surface area contributed by atoms with Crippen molar-refractivity contribution in [3.05, 3.63) is 11.8 Å². The maximum Gasteiger partial charge on any atom is 0.243 e. The number of nitrogens with zero attached hydrogens (tertiary/aromatic N) is 3. The lowest BCUT2D eigenvalue weighted by atomic mass is 10.00. The summed E-state index contributed by atoms with van der Waals surface area (Å²) in [4.78, 5) is 14.4. The zero-order valence-electron chi connectivity index (χ0n) is 13.3. The largest absolute Gasteiger partial charge is 0.360 e. The van der Waals surface area contributed by atoms with E-state index in [9.17, 15) is 13.2 Å². The highest BCUT2D eigenvalue weighted by atomic mass is 32.2. The molecule has 0 aliphatic carbocycles. The fourth-order valence-electron chi connectivity index (χ4n) is 2.81. The first-order valence-corrected chi connectivity index (χ1v) is 9.38. The lowest BCUT2D eigenvalue weighted by molar-refractivity contribution is -0.133. The fourth-order valence-corrected chi connectivity index (χ4v) is 3.58. The Kier molecular flexibility index (Phi) is 5.10. The highest BCUT2D eigenvalue weighted by molar-refractivity contribution is 7.92. The summed E-state index contributed by atoms with van der Waals surface area (Å²) in [6, 6.07) is 1.71. The van der Waals surface area contributed by atoms with Crippen LogP contribution in [0, 0.1) is 6.92 Å². The van der Waals surface area contributed by atoms with Gasteiger partial charge in [-0.2, -0.15) is 0 Å². The molecule has 1 atom stereocenters. The van der Waals surface area contributed by atoms with Crippen LogP contribution in [-0.2, 0) is 14.8 Å². The van der Waals surface area contributed by atoms with Crippen molar-refractivity contribution in [2.45, 2.75) is 45.6 Å². The average molecular weight is 329 g/mol. The normalized spacial score (nSPS) is 19.2. The SMILES string of the molecule is CCC1CCCCN1C(=O)CN(c1cc(C)on1)S(C)(=O)=O. The fraction of sp³-hybridized carbons (Fsp3) is 0.714. The van der Waals surface area contributed by atoms with E-state index >= 15 is 0 Å². The zero-order valence-corrected chi connectivity index (χ0v) is 14.1. The van der Waals surface area contributed by atoms with Crippen molar-refractivity contribution in [3.63, 3.8) is 0 Å². The Bertz CT molecular complexity index is 626. The first-order chi connectivity index (χ1) is 10.3. The summed E-state index contributed by atoms with van der Waals surface area (Å²) in [5.74, 6) is 0.469. The quantitative estimate of drug-likeness (QED) is 0.818. The van der Waals surface area contributed by atoms with Gasteiger partial charge in [-0.15, -0.1) is 0 Å². The molecule has 1 amide bonds. The summed E-state index contributed by atoms with van der Waals surface area (Å²) in [5, 5.41) is 3.72. The Morgan fingerprint density at radius 1 is 1.50 bits per heavy atom. The number of carbonyl (C=O) groups is 1. The van der Waals surface area contributed by atoms with Crippen molar-refractivity contribution in [1.82, 2.24) is 10.1 Å². The van der Waals surface area contributed by atoms with Crippen LogP contribution in [0.25, 0.3) is 0 Å². The number of hydrogen-bond donors (Lipinski definition) is 0. The zero-order chi connectivity index (χ0) is 16.3. The van der Waals surface area contributed by atoms with E-state index < -0.39 is 10.0 Å². The Balaban J connectivity index is 2.18. The number of aryl methyl sites for hydroxylation is 1. The van der Waals surface area contributed by atoms with Gasteiger partial charge in [0.1, 0.15) is 12.3 Å². The Hall–Kier alpha value is -1.57. The van der Waals surface area contributed by atoms with Crippen LogP contribution in [-0.4, -0.2) is 49.8 Å². The van der Waals surface area contributed by atoms with Gasteiger partial charge in [0.05, 0.1) is 6.26 Å². The number of likely N-dealkylation sites (tertiary alicyclic amines) is 1. The standard InChI is InChI=1S/C14H23N3O4S/c1-4-12-7-5-6-8-16(12)14(18)10-17(22(3,19)20)13-9-11(2)21-15-13/h9,12H,4-8,10H2,1-3H3. The number of aromatic nitrogens is 1. The van der Waals surface area contributed by atoms with Crippen molar-refractivity contribution < 1.29 is 17.7 Å². The highest BCUT2D eigenvalue weighted by Crippen LogP contribution is 2.22. The van der Waals surface area contributed by atoms with E-state index in [0.29, 0.717) is 12.3 Å². The van der Waals surface area contributed by atoms with Crippen LogP contribution in [0.5, 0.6) is 0 Å². The first-order valence-electron chi connectivity index (χ1n) is 7.53. The van der Waals surface area contributed by atoms with Crippen LogP contribution < -0.4 is 4.31 Å². The molecule has 2 rings (SSSR count). The predicted molar refractivity (Wildman–Crippen MR) is 83.1 cm³/mol. The number of amides is 1. The monoisotopic (exact) mass is 329 g/mol. The molecule has 1 aliphatic rings. The minimum Gasteiger partial charge on any atom is -0.360 e. The van der Waals surface area contributed by atoms with Crippen LogP contribution in [0.4, 0.5) is 5.82 Å². The summed E-state index contributed by atoms with van der Waals surface area (Å²) >= 11 is 0. The maximum atomic E-state index is 12.6. The van der Waals surface area contributed by atoms with Crippen molar-refractivity contribution in [2.24, 2.45) is 0 Å². The molecule has 2 heterocycles. The van der Waals surface area contributed by atoms with Gasteiger partial charge < -0.3 is 9.42 Å². The second kappa shape index (κ2) is 6.68. The molecule has 0 radical (unpaired) electrons. The Labute approximate surface area is 131 Å². The Morgan fingerprint density at radius 3 is 2.77 bits per heavy atom. The van der Waals surface area contributed by atoms with Gasteiger partial charge in [0.2, 0.25) is 15.9 Å². The third kappa shape index (κ3) is 3.79. The van der Waals surface area contributed by atoms with Crippen molar-refractivity contribution in [2.75, 3.05) is 23.7 Å². The van der Waals surface area contributed by atoms with Gasteiger partial charge in [-0.25, -0.2) is 12.7 Å². The van der Waals surface area contributed by atoms with E-state index in [0.717, 1.165) is 36.2 Å². The van der Waals surface area contributed by atoms with E-state index in [1.54, 1.807) is 11.8 Å². The van der Waals surface area contributed by atoms with Crippen LogP contribution in [0.2, 0.25) is 0 Å². The molecule has 0 aromatic carbocycles. The second-order valence-corrected chi connectivity index (χ2v) is 7.62. The van der Waals surface area contributed by atoms with Gasteiger partial charge in [-0.1, -0.05) is 12.1 Å². The van der Waals surface area contributed by atoms with Crippen molar-refractivity contribution >= 4 is 21.7 Å². The maximum absolute atomic E-state index is 12.6. The van der Waals surface area contributed by atoms with E-state index in [2.05, 4.69) is 5.16 Å². The second-order valence-electron chi connectivity index (χ2n) is 5.71. The summed E-state index contributed by atoms with van der Waals surface area (Å²) in [6.07, 6.45) is 5.00. The molecule has 0 spiro atoms. The summed E-state index contributed by atoms with van der Waals surface area (Å²) in [7, 11) is -3.60. The molecule has 8 heteroatoms. The van der Waals surface area contributed by atoms with E-state index in [-0.39, 0.29) is 24.3 Å². The molecule has 0 saturated carbocycles. The molecule has 1 saturated heterocycles. The summed E-state index contributed by atoms with van der Waals surface area (Å²) < 4.78 is 29.9. The summed E-state index contributed by atoms with van der Waals surface area (Å²) in [5.41, 5.74) is 0. The van der Waals surface area contributed by atoms with Crippen LogP contribution >= 0.6 is 0 Å². The first kappa shape index (κ1) is 16.8. The van der Waals surface area contributed by atoms with E-state index in [1.807, 2.05) is 6.92 Å². The summed E-state index contributed by atoms with van der Waals surface area (Å²) in [6.45, 7) is 4.18. The van der Waals surface area contributed by atoms with Crippen LogP contribution in [0.3, 0.4) is 0 Å². The molecule has 0 N–H and O–H groups in total. The number of hydrogen-bond acceptors (Lipinski definition) is 5. The van der Waals surface area contributed by atoms with Gasteiger partial charge in [0.15, 0.2) is 5.82 Å². The lowest BCUT2D eigenvalue weighted by Crippen LogP contribution is -2.49. The van der Waals surface area contributed by atoms with Gasteiger partial charge in [-0.05, 0) is 32.6 Å². The molecular formula is C14H23N3O4S. The Morgan fingerprint density at radius 2 is 2.23 bits per heavy atom. The molecule has 1 aromatic rings. The number of piperidine rings is 1. The molecule has 1 aromatic heterocycles. The number of anilines is 1. The van der Waals surface area contributed by atoms with Crippen LogP contribution in [0.15, 0.2) is 10.6 Å². The molecule has 22 heavy (non-hydrogen) atoms. The number of sulfonamides is 1. The average Bonchev–Trinajstić information content (AvgIpc) is 2.89. The minimum absolute atomic E-state index is 0.151. The topological polar surface area (TPSA) is 83.7 Å². The van der Waals surface area contributed by atoms with E-state index in [1.165, 1.54) is 6.07 Å². The van der Waals surface area contributed by atoms with Gasteiger partial charge in [0, 0.05) is 18.7 Å². The van der Waals surface area contributed by atoms with Gasteiger partial charge in [0.25, 0.3) is 0 Å². The molecule has 1 fully saturated rings. The van der Waals surface area contributed by atoms with Crippen molar-refractivity contribution in [3.8, 4) is 0 Å². The predicted octanol–water partition coefficient (Wildman–Crippen LogP) is 1.54. The van der Waals surface area contributed by atoms with Gasteiger partial charge in [-0.3, -0.25) is 4.79 Å². The molecule has 1 unspecified atom stereocenters. The molecular weight excluding hydrogens is 306 g/mol. The smallest absolute Gasteiger partial charge is 0.243 e.